The van der Waals surface area contributed by atoms with E-state index < -0.39 is 0 Å². The number of nitrogens with zero attached hydrogens (tertiary/aromatic N) is 1. The van der Waals surface area contributed by atoms with E-state index in [2.05, 4.69) is 43.4 Å². The average molecular weight is 429 g/mol. The summed E-state index contributed by atoms with van der Waals surface area (Å²) in [7, 11) is 0. The van der Waals surface area contributed by atoms with E-state index in [-0.39, 0.29) is 28.4 Å². The molecule has 0 spiro atoms. The molecule has 1 amide bonds. The minimum absolute atomic E-state index is 0.0394. The number of hydrogen-bond acceptors (Lipinski definition) is 3. The molecule has 32 heavy (non-hydrogen) atoms. The van der Waals surface area contributed by atoms with Crippen LogP contribution in [-0.4, -0.2) is 17.4 Å². The summed E-state index contributed by atoms with van der Waals surface area (Å²) in [5.74, 6) is -0.175. The normalized spacial score (nSPS) is 15.0. The van der Waals surface area contributed by atoms with E-state index in [1.807, 2.05) is 30.3 Å². The maximum atomic E-state index is 13.1. The molecule has 2 unspecified atom stereocenters. The van der Waals surface area contributed by atoms with E-state index in [0.717, 1.165) is 47.1 Å². The highest BCUT2D eigenvalue weighted by Crippen LogP contribution is 2.49. The summed E-state index contributed by atoms with van der Waals surface area (Å²) in [6.45, 7) is 4.86. The Hall–Kier alpha value is -3.47. The number of rotatable bonds is 8. The van der Waals surface area contributed by atoms with Crippen molar-refractivity contribution in [2.45, 2.75) is 44.9 Å². The first-order chi connectivity index (χ1) is 15.6. The molecule has 0 aromatic heterocycles. The summed E-state index contributed by atoms with van der Waals surface area (Å²) in [5.41, 5.74) is 6.66. The molecule has 1 N–H and O–H groups in total. The van der Waals surface area contributed by atoms with E-state index in [1.165, 1.54) is 5.56 Å². The Balaban J connectivity index is 1.84. The topological polar surface area (TPSA) is 72.2 Å². The fraction of sp³-hybridized carbons (Fsp3) is 0.296. The van der Waals surface area contributed by atoms with Crippen LogP contribution in [0, 0.1) is 10.1 Å². The lowest BCUT2D eigenvalue weighted by molar-refractivity contribution is -0.384. The predicted molar refractivity (Wildman–Crippen MR) is 127 cm³/mol. The molecule has 0 saturated heterocycles. The minimum atomic E-state index is -0.366. The molecule has 4 rings (SSSR count). The second-order valence-electron chi connectivity index (χ2n) is 8.31. The van der Waals surface area contributed by atoms with Crippen molar-refractivity contribution < 1.29 is 9.72 Å². The van der Waals surface area contributed by atoms with Crippen LogP contribution in [0.25, 0.3) is 11.1 Å². The van der Waals surface area contributed by atoms with Crippen LogP contribution in [0.5, 0.6) is 0 Å². The summed E-state index contributed by atoms with van der Waals surface area (Å²) in [6, 6.07) is 21.3. The highest BCUT2D eigenvalue weighted by Gasteiger charge is 2.36. The number of nitro benzene ring substituents is 1. The molecule has 0 radical (unpaired) electrons. The molecule has 0 bridgehead atoms. The molecule has 0 saturated carbocycles. The predicted octanol–water partition coefficient (Wildman–Crippen LogP) is 6.17. The van der Waals surface area contributed by atoms with Gasteiger partial charge in [0.15, 0.2) is 0 Å². The monoisotopic (exact) mass is 428 g/mol. The highest BCUT2D eigenvalue weighted by atomic mass is 16.6. The van der Waals surface area contributed by atoms with Crippen molar-refractivity contribution in [3.63, 3.8) is 0 Å². The number of non-ortho nitro benzene ring substituents is 1. The molecule has 5 heteroatoms. The fourth-order valence-electron chi connectivity index (χ4n) is 4.83. The average Bonchev–Trinajstić information content (AvgIpc) is 3.16. The van der Waals surface area contributed by atoms with Crippen molar-refractivity contribution in [2.24, 2.45) is 0 Å². The Morgan fingerprint density at radius 3 is 2.38 bits per heavy atom. The molecule has 1 aliphatic carbocycles. The molecule has 0 heterocycles. The maximum absolute atomic E-state index is 13.1. The van der Waals surface area contributed by atoms with Crippen LogP contribution in [0.1, 0.15) is 67.2 Å². The van der Waals surface area contributed by atoms with Gasteiger partial charge in [-0.1, -0.05) is 74.9 Å². The van der Waals surface area contributed by atoms with Crippen LogP contribution in [-0.2, 0) is 4.79 Å². The second-order valence-corrected chi connectivity index (χ2v) is 8.31. The second kappa shape index (κ2) is 9.35. The number of hydrogen-bond donors (Lipinski definition) is 1. The minimum Gasteiger partial charge on any atom is -0.355 e. The molecule has 2 atom stereocenters. The van der Waals surface area contributed by atoms with Gasteiger partial charge in [0.25, 0.3) is 5.69 Å². The van der Waals surface area contributed by atoms with Crippen molar-refractivity contribution in [1.82, 2.24) is 5.32 Å². The maximum Gasteiger partial charge on any atom is 0.269 e. The molecule has 3 aromatic rings. The van der Waals surface area contributed by atoms with Gasteiger partial charge >= 0.3 is 0 Å². The zero-order chi connectivity index (χ0) is 22.7. The van der Waals surface area contributed by atoms with Gasteiger partial charge in [0.1, 0.15) is 0 Å². The number of benzene rings is 3. The van der Waals surface area contributed by atoms with Crippen LogP contribution < -0.4 is 5.32 Å². The van der Waals surface area contributed by atoms with Gasteiger partial charge in [-0.05, 0) is 46.2 Å². The lowest BCUT2D eigenvalue weighted by atomic mass is 9.82. The summed E-state index contributed by atoms with van der Waals surface area (Å²) in [5, 5.41) is 14.2. The van der Waals surface area contributed by atoms with Gasteiger partial charge in [0, 0.05) is 24.6 Å². The van der Waals surface area contributed by atoms with Crippen molar-refractivity contribution in [1.29, 1.82) is 0 Å². The molecule has 1 aliphatic rings. The molecular weight excluding hydrogens is 400 g/mol. The first-order valence-electron chi connectivity index (χ1n) is 11.3. The number of nitrogens with one attached hydrogen (secondary N) is 1. The molecule has 5 nitrogen and oxygen atoms in total. The first-order valence-corrected chi connectivity index (χ1v) is 11.3. The Kier molecular flexibility index (Phi) is 6.35. The van der Waals surface area contributed by atoms with Gasteiger partial charge in [-0.3, -0.25) is 14.9 Å². The SMILES string of the molecule is CCCNC(=O)C1c2ccccc2-c2c(C(CCC)c3ccc([N+](=O)[O-])cc3)cccc21. The third-order valence-electron chi connectivity index (χ3n) is 6.25. The summed E-state index contributed by atoms with van der Waals surface area (Å²) in [4.78, 5) is 23.9. The van der Waals surface area contributed by atoms with Crippen LogP contribution >= 0.6 is 0 Å². The van der Waals surface area contributed by atoms with E-state index in [0.29, 0.717) is 6.54 Å². The van der Waals surface area contributed by atoms with Gasteiger partial charge in [0.2, 0.25) is 5.91 Å². The number of nitro groups is 1. The van der Waals surface area contributed by atoms with E-state index in [1.54, 1.807) is 12.1 Å². The Labute approximate surface area is 188 Å². The smallest absolute Gasteiger partial charge is 0.269 e. The zero-order valence-electron chi connectivity index (χ0n) is 18.5. The van der Waals surface area contributed by atoms with Gasteiger partial charge in [-0.25, -0.2) is 0 Å². The Morgan fingerprint density at radius 1 is 0.969 bits per heavy atom. The quantitative estimate of drug-likeness (QED) is 0.345. The Bertz CT molecular complexity index is 1140. The lowest BCUT2D eigenvalue weighted by Gasteiger charge is -2.21. The van der Waals surface area contributed by atoms with Crippen molar-refractivity contribution in [3.05, 3.63) is 99.1 Å². The van der Waals surface area contributed by atoms with Crippen molar-refractivity contribution in [3.8, 4) is 11.1 Å². The van der Waals surface area contributed by atoms with Crippen LogP contribution in [0.4, 0.5) is 5.69 Å². The number of carbonyl (C=O) groups is 1. The van der Waals surface area contributed by atoms with Gasteiger partial charge < -0.3 is 5.32 Å². The number of fused-ring (bicyclic) bond motifs is 3. The molecular formula is C27H28N2O3. The largest absolute Gasteiger partial charge is 0.355 e. The summed E-state index contributed by atoms with van der Waals surface area (Å²) >= 11 is 0. The van der Waals surface area contributed by atoms with Crippen molar-refractivity contribution >= 4 is 11.6 Å². The van der Waals surface area contributed by atoms with E-state index in [4.69, 9.17) is 0 Å². The lowest BCUT2D eigenvalue weighted by Crippen LogP contribution is -2.29. The van der Waals surface area contributed by atoms with Gasteiger partial charge in [-0.2, -0.15) is 0 Å². The van der Waals surface area contributed by atoms with Crippen LogP contribution in [0.15, 0.2) is 66.7 Å². The third-order valence-corrected chi connectivity index (χ3v) is 6.25. The van der Waals surface area contributed by atoms with Crippen LogP contribution in [0.2, 0.25) is 0 Å². The van der Waals surface area contributed by atoms with Crippen molar-refractivity contribution in [2.75, 3.05) is 6.54 Å². The Morgan fingerprint density at radius 2 is 1.69 bits per heavy atom. The van der Waals surface area contributed by atoms with Gasteiger partial charge in [0.05, 0.1) is 10.8 Å². The van der Waals surface area contributed by atoms with E-state index >= 15 is 0 Å². The van der Waals surface area contributed by atoms with Gasteiger partial charge in [-0.15, -0.1) is 0 Å². The van der Waals surface area contributed by atoms with Crippen LogP contribution in [0.3, 0.4) is 0 Å². The first kappa shape index (κ1) is 21.8. The van der Waals surface area contributed by atoms with E-state index in [9.17, 15) is 14.9 Å². The zero-order valence-corrected chi connectivity index (χ0v) is 18.5. The molecule has 0 fully saturated rings. The molecule has 3 aromatic carbocycles. The third kappa shape index (κ3) is 3.91. The summed E-state index contributed by atoms with van der Waals surface area (Å²) in [6.07, 6.45) is 2.79. The summed E-state index contributed by atoms with van der Waals surface area (Å²) < 4.78 is 0. The number of carbonyl (C=O) groups excluding carboxylic acids is 1. The molecule has 164 valence electrons. The fourth-order valence-corrected chi connectivity index (χ4v) is 4.83. The molecule has 0 aliphatic heterocycles. The standard InChI is InChI=1S/C27H28N2O3/c1-3-8-20(18-13-15-19(16-14-18)29(31)32)21-11-7-12-24-25(21)22-9-5-6-10-23(22)26(24)27(30)28-17-4-2/h5-7,9-16,20,26H,3-4,8,17H2,1-2H3,(H,28,30). The highest BCUT2D eigenvalue weighted by molar-refractivity contribution is 5.97. The number of amides is 1.